The molecule has 5 heterocycles. The van der Waals surface area contributed by atoms with E-state index in [4.69, 9.17) is 9.72 Å². The van der Waals surface area contributed by atoms with Crippen LogP contribution in [0.2, 0.25) is 0 Å². The highest BCUT2D eigenvalue weighted by molar-refractivity contribution is 5.84. The highest BCUT2D eigenvalue weighted by atomic mass is 19.2. The number of anilines is 1. The molecule has 0 amide bonds. The van der Waals surface area contributed by atoms with E-state index in [2.05, 4.69) is 15.0 Å². The van der Waals surface area contributed by atoms with Crippen LogP contribution in [0.3, 0.4) is 0 Å². The van der Waals surface area contributed by atoms with E-state index >= 15 is 0 Å². The predicted octanol–water partition coefficient (Wildman–Crippen LogP) is 3.07. The molecule has 35 heavy (non-hydrogen) atoms. The van der Waals surface area contributed by atoms with Gasteiger partial charge >= 0.3 is 0 Å². The molecule has 0 radical (unpaired) electrons. The minimum Gasteiger partial charge on any atom is -0.479 e. The van der Waals surface area contributed by atoms with E-state index in [-0.39, 0.29) is 6.54 Å². The van der Waals surface area contributed by atoms with Gasteiger partial charge in [0.05, 0.1) is 42.7 Å². The molecular weight excluding hydrogens is 456 g/mol. The molecule has 0 saturated carbocycles. The summed E-state index contributed by atoms with van der Waals surface area (Å²) in [6.45, 7) is 1.32. The molecule has 1 aliphatic rings. The molecular formula is C24H21F2N7O2. The minimum absolute atomic E-state index is 0.250. The zero-order valence-electron chi connectivity index (χ0n) is 18.8. The van der Waals surface area contributed by atoms with Gasteiger partial charge in [-0.3, -0.25) is 0 Å². The van der Waals surface area contributed by atoms with Gasteiger partial charge in [-0.1, -0.05) is 6.07 Å². The number of fused-ring (bicyclic) bond motifs is 2. The van der Waals surface area contributed by atoms with Crippen LogP contribution < -0.4 is 9.64 Å². The Hall–Kier alpha value is -4.12. The normalized spacial score (nSPS) is 16.0. The number of hydrogen-bond donors (Lipinski definition) is 1. The summed E-state index contributed by atoms with van der Waals surface area (Å²) >= 11 is 0. The zero-order valence-corrected chi connectivity index (χ0v) is 18.8. The van der Waals surface area contributed by atoms with Crippen molar-refractivity contribution in [3.63, 3.8) is 0 Å². The summed E-state index contributed by atoms with van der Waals surface area (Å²) in [6.07, 6.45) is 5.18. The van der Waals surface area contributed by atoms with E-state index < -0.39 is 17.7 Å². The Balaban J connectivity index is 1.52. The number of aliphatic hydroxyl groups is 1. The van der Waals surface area contributed by atoms with Crippen LogP contribution in [-0.4, -0.2) is 60.5 Å². The van der Waals surface area contributed by atoms with E-state index in [0.29, 0.717) is 53.6 Å². The van der Waals surface area contributed by atoms with E-state index in [1.54, 1.807) is 19.4 Å². The van der Waals surface area contributed by atoms with Crippen LogP contribution in [0.25, 0.3) is 27.9 Å². The average Bonchev–Trinajstić information content (AvgIpc) is 3.58. The third-order valence-electron chi connectivity index (χ3n) is 6.25. The molecule has 11 heteroatoms. The smallest absolute Gasteiger partial charge is 0.241 e. The van der Waals surface area contributed by atoms with Crippen LogP contribution in [0.4, 0.5) is 14.7 Å². The molecule has 6 rings (SSSR count). The highest BCUT2D eigenvalue weighted by Gasteiger charge is 2.26. The van der Waals surface area contributed by atoms with Crippen LogP contribution in [-0.2, 0) is 6.54 Å². The van der Waals surface area contributed by atoms with Gasteiger partial charge in [0.15, 0.2) is 17.3 Å². The Morgan fingerprint density at radius 3 is 2.77 bits per heavy atom. The first-order valence-corrected chi connectivity index (χ1v) is 11.1. The molecule has 1 N–H and O–H groups in total. The fraction of sp³-hybridized carbons (Fsp3) is 0.250. The maximum Gasteiger partial charge on any atom is 0.241 e. The summed E-state index contributed by atoms with van der Waals surface area (Å²) in [6, 6.07) is 7.63. The maximum absolute atomic E-state index is 14.0. The molecule has 1 fully saturated rings. The standard InChI is InChI=1S/C24H21F2N7O2/c1-35-23-21-19(28-13-29-23)5-7-32(21)15-9-20-22(27-10-15)30-24(31-6-4-16(34)12-31)33(20)11-14-2-3-17(25)18(26)8-14/h2-3,5,7-10,13,16,34H,4,6,11-12H2,1H3. The Labute approximate surface area is 198 Å². The van der Waals surface area contributed by atoms with Gasteiger partial charge in [-0.05, 0) is 36.2 Å². The van der Waals surface area contributed by atoms with Crippen LogP contribution in [0.15, 0.2) is 49.1 Å². The van der Waals surface area contributed by atoms with Crippen LogP contribution in [0.5, 0.6) is 5.88 Å². The second-order valence-electron chi connectivity index (χ2n) is 8.47. The van der Waals surface area contributed by atoms with Crippen LogP contribution >= 0.6 is 0 Å². The van der Waals surface area contributed by atoms with Crippen molar-refractivity contribution in [1.29, 1.82) is 0 Å². The molecule has 0 bridgehead atoms. The topological polar surface area (TPSA) is 94.1 Å². The van der Waals surface area contributed by atoms with Crippen molar-refractivity contribution >= 4 is 28.1 Å². The quantitative estimate of drug-likeness (QED) is 0.416. The molecule has 9 nitrogen and oxygen atoms in total. The second-order valence-corrected chi connectivity index (χ2v) is 8.47. The fourth-order valence-corrected chi connectivity index (χ4v) is 4.56. The number of ether oxygens (including phenoxy) is 1. The molecule has 1 aliphatic heterocycles. The van der Waals surface area contributed by atoms with Crippen LogP contribution in [0, 0.1) is 11.6 Å². The SMILES string of the molecule is COc1ncnc2ccn(-c3cnc4nc(N5CCC(O)C5)n(Cc5ccc(F)c(F)c5)c4c3)c12. The number of pyridine rings is 1. The summed E-state index contributed by atoms with van der Waals surface area (Å²) < 4.78 is 36.7. The van der Waals surface area contributed by atoms with Gasteiger partial charge in [0.1, 0.15) is 11.8 Å². The molecule has 0 spiro atoms. The Kier molecular flexibility index (Phi) is 5.06. The van der Waals surface area contributed by atoms with Crippen molar-refractivity contribution in [1.82, 2.24) is 29.1 Å². The van der Waals surface area contributed by atoms with Gasteiger partial charge in [0, 0.05) is 19.3 Å². The van der Waals surface area contributed by atoms with Gasteiger partial charge in [-0.15, -0.1) is 0 Å². The van der Waals surface area contributed by atoms with E-state index in [9.17, 15) is 13.9 Å². The molecule has 1 aromatic carbocycles. The third-order valence-corrected chi connectivity index (χ3v) is 6.25. The van der Waals surface area contributed by atoms with Crippen molar-refractivity contribution < 1.29 is 18.6 Å². The van der Waals surface area contributed by atoms with Gasteiger partial charge in [0.2, 0.25) is 11.8 Å². The van der Waals surface area contributed by atoms with Crippen molar-refractivity contribution in [3.05, 3.63) is 66.3 Å². The van der Waals surface area contributed by atoms with E-state index in [1.807, 2.05) is 32.4 Å². The van der Waals surface area contributed by atoms with Crippen molar-refractivity contribution in [2.24, 2.45) is 0 Å². The van der Waals surface area contributed by atoms with Gasteiger partial charge in [0.25, 0.3) is 0 Å². The lowest BCUT2D eigenvalue weighted by atomic mass is 10.2. The summed E-state index contributed by atoms with van der Waals surface area (Å²) in [5.41, 5.74) is 3.95. The van der Waals surface area contributed by atoms with E-state index in [0.717, 1.165) is 17.3 Å². The number of hydrogen-bond acceptors (Lipinski definition) is 7. The number of aliphatic hydroxyl groups excluding tert-OH is 1. The number of aromatic nitrogens is 6. The second kappa shape index (κ2) is 8.27. The predicted molar refractivity (Wildman–Crippen MR) is 125 cm³/mol. The molecule has 0 aliphatic carbocycles. The minimum atomic E-state index is -0.908. The molecule has 5 aromatic rings. The first-order valence-electron chi connectivity index (χ1n) is 11.1. The molecule has 1 atom stereocenters. The number of imidazole rings is 1. The van der Waals surface area contributed by atoms with Crippen molar-refractivity contribution in [3.8, 4) is 11.6 Å². The maximum atomic E-state index is 14.0. The number of β-amino-alcohol motifs (C(OH)–C–C–N with tert-alkyl or cyclic N) is 1. The first-order chi connectivity index (χ1) is 17.0. The zero-order chi connectivity index (χ0) is 24.1. The number of nitrogens with zero attached hydrogens (tertiary/aromatic N) is 7. The molecule has 1 saturated heterocycles. The lowest BCUT2D eigenvalue weighted by molar-refractivity contribution is 0.198. The summed E-state index contributed by atoms with van der Waals surface area (Å²) in [4.78, 5) is 19.8. The summed E-state index contributed by atoms with van der Waals surface area (Å²) in [5.74, 6) is -0.757. The number of benzene rings is 1. The van der Waals surface area contributed by atoms with Gasteiger partial charge < -0.3 is 23.9 Å². The number of halogens is 2. The summed E-state index contributed by atoms with van der Waals surface area (Å²) in [5, 5.41) is 10.1. The van der Waals surface area contributed by atoms with Crippen molar-refractivity contribution in [2.45, 2.75) is 19.1 Å². The average molecular weight is 477 g/mol. The van der Waals surface area contributed by atoms with Crippen molar-refractivity contribution in [2.75, 3.05) is 25.1 Å². The Bertz CT molecular complexity index is 1560. The molecule has 1 unspecified atom stereocenters. The Morgan fingerprint density at radius 2 is 2.00 bits per heavy atom. The number of methoxy groups -OCH3 is 1. The van der Waals surface area contributed by atoms with E-state index in [1.165, 1.54) is 12.4 Å². The lowest BCUT2D eigenvalue weighted by Crippen LogP contribution is -2.25. The lowest BCUT2D eigenvalue weighted by Gasteiger charge is -2.19. The van der Waals surface area contributed by atoms with Crippen LogP contribution in [0.1, 0.15) is 12.0 Å². The monoisotopic (exact) mass is 477 g/mol. The number of rotatable bonds is 5. The van der Waals surface area contributed by atoms with Gasteiger partial charge in [-0.2, -0.15) is 9.97 Å². The van der Waals surface area contributed by atoms with Gasteiger partial charge in [-0.25, -0.2) is 18.7 Å². The summed E-state index contributed by atoms with van der Waals surface area (Å²) in [7, 11) is 1.55. The largest absolute Gasteiger partial charge is 0.479 e. The Morgan fingerprint density at radius 1 is 1.11 bits per heavy atom. The molecule has 178 valence electrons. The molecule has 4 aromatic heterocycles. The fourth-order valence-electron chi connectivity index (χ4n) is 4.56. The third kappa shape index (κ3) is 3.64. The highest BCUT2D eigenvalue weighted by Crippen LogP contribution is 2.30. The first kappa shape index (κ1) is 21.4.